The number of nitrogens with one attached hydrogen (secondary N) is 1. The molecule has 0 heterocycles. The fourth-order valence-corrected chi connectivity index (χ4v) is 2.46. The first-order valence-corrected chi connectivity index (χ1v) is 8.83. The van der Waals surface area contributed by atoms with Gasteiger partial charge in [0.15, 0.2) is 18.1 Å². The van der Waals surface area contributed by atoms with Gasteiger partial charge in [-0.25, -0.2) is 5.43 Å². The largest absolute Gasteiger partial charge is 0.496 e. The molecule has 0 atom stereocenters. The Bertz CT molecular complexity index is 816. The number of hydrazone groups is 1. The highest BCUT2D eigenvalue weighted by Crippen LogP contribution is 2.33. The van der Waals surface area contributed by atoms with Crippen LogP contribution in [-0.2, 0) is 4.79 Å². The number of ether oxygens (including phenoxy) is 4. The van der Waals surface area contributed by atoms with Crippen molar-refractivity contribution in [1.29, 1.82) is 0 Å². The normalized spacial score (nSPS) is 10.8. The van der Waals surface area contributed by atoms with Crippen LogP contribution in [0.5, 0.6) is 23.0 Å². The average Bonchev–Trinajstić information content (AvgIpc) is 2.72. The van der Waals surface area contributed by atoms with Crippen LogP contribution in [-0.4, -0.2) is 40.1 Å². The maximum Gasteiger partial charge on any atom is 0.277 e. The molecule has 0 saturated carbocycles. The number of carbonyl (C=O) groups is 1. The maximum absolute atomic E-state index is 11.9. The summed E-state index contributed by atoms with van der Waals surface area (Å²) in [6, 6.07) is 11.1. The van der Waals surface area contributed by atoms with Gasteiger partial charge in [0.2, 0.25) is 0 Å². The minimum atomic E-state index is -0.372. The third-order valence-electron chi connectivity index (χ3n) is 4.05. The number of nitrogens with zero attached hydrogens (tertiary/aromatic N) is 1. The molecule has 2 aromatic carbocycles. The predicted molar refractivity (Wildman–Crippen MR) is 108 cm³/mol. The molecule has 0 unspecified atom stereocenters. The molecule has 0 aliphatic heterocycles. The minimum Gasteiger partial charge on any atom is -0.496 e. The molecule has 0 fully saturated rings. The Hall–Kier alpha value is -3.22. The quantitative estimate of drug-likeness (QED) is 0.528. The number of benzene rings is 2. The lowest BCUT2D eigenvalue weighted by molar-refractivity contribution is -0.123. The van der Waals surface area contributed by atoms with E-state index in [0.717, 1.165) is 0 Å². The Balaban J connectivity index is 1.94. The molecule has 0 aromatic heterocycles. The zero-order valence-corrected chi connectivity index (χ0v) is 16.8. The predicted octanol–water partition coefficient (Wildman–Crippen LogP) is 3.36. The molecular formula is C21H26N2O5. The molecule has 2 rings (SSSR count). The monoisotopic (exact) mass is 386 g/mol. The van der Waals surface area contributed by atoms with Crippen molar-refractivity contribution in [3.8, 4) is 23.0 Å². The highest BCUT2D eigenvalue weighted by Gasteiger charge is 2.10. The Kier molecular flexibility index (Phi) is 7.68. The van der Waals surface area contributed by atoms with E-state index in [-0.39, 0.29) is 12.5 Å². The minimum absolute atomic E-state index is 0.137. The molecule has 0 aliphatic rings. The standard InChI is InChI=1S/C21H26N2O5/c1-14(2)15-6-8-17(9-7-15)28-13-21(24)23-22-12-16-10-19(26-4)20(27-5)11-18(16)25-3/h6-12,14H,13H2,1-5H3,(H,23,24)/b22-12-. The summed E-state index contributed by atoms with van der Waals surface area (Å²) in [6.45, 7) is 4.10. The van der Waals surface area contributed by atoms with Gasteiger partial charge in [-0.15, -0.1) is 0 Å². The van der Waals surface area contributed by atoms with E-state index in [0.29, 0.717) is 34.5 Å². The van der Waals surface area contributed by atoms with Gasteiger partial charge in [0.25, 0.3) is 5.91 Å². The summed E-state index contributed by atoms with van der Waals surface area (Å²) in [5, 5.41) is 3.95. The van der Waals surface area contributed by atoms with Gasteiger partial charge in [0, 0.05) is 11.6 Å². The summed E-state index contributed by atoms with van der Waals surface area (Å²) < 4.78 is 21.3. The topological polar surface area (TPSA) is 78.4 Å². The van der Waals surface area contributed by atoms with Crippen LogP contribution >= 0.6 is 0 Å². The first-order chi connectivity index (χ1) is 13.5. The molecular weight excluding hydrogens is 360 g/mol. The second-order valence-corrected chi connectivity index (χ2v) is 6.25. The second kappa shape index (κ2) is 10.2. The molecule has 0 radical (unpaired) electrons. The lowest BCUT2D eigenvalue weighted by Crippen LogP contribution is -2.24. The Labute approximate surface area is 165 Å². The van der Waals surface area contributed by atoms with E-state index in [1.165, 1.54) is 26.0 Å². The first kappa shape index (κ1) is 21.1. The number of amides is 1. The molecule has 1 amide bonds. The summed E-state index contributed by atoms with van der Waals surface area (Å²) in [5.74, 6) is 2.31. The van der Waals surface area contributed by atoms with Crippen molar-refractivity contribution in [3.63, 3.8) is 0 Å². The van der Waals surface area contributed by atoms with Crippen LogP contribution in [0.1, 0.15) is 30.9 Å². The first-order valence-electron chi connectivity index (χ1n) is 8.83. The molecule has 1 N–H and O–H groups in total. The van der Waals surface area contributed by atoms with Crippen LogP contribution in [0.15, 0.2) is 41.5 Å². The Morgan fingerprint density at radius 1 is 1.00 bits per heavy atom. The zero-order valence-electron chi connectivity index (χ0n) is 16.8. The van der Waals surface area contributed by atoms with Crippen LogP contribution in [0.4, 0.5) is 0 Å². The van der Waals surface area contributed by atoms with Crippen molar-refractivity contribution in [2.24, 2.45) is 5.10 Å². The highest BCUT2D eigenvalue weighted by atomic mass is 16.5. The summed E-state index contributed by atoms with van der Waals surface area (Å²) in [7, 11) is 4.62. The SMILES string of the molecule is COc1cc(OC)c(OC)cc1/C=N\NC(=O)COc1ccc(C(C)C)cc1. The zero-order chi connectivity index (χ0) is 20.5. The fourth-order valence-electron chi connectivity index (χ4n) is 2.46. The summed E-state index contributed by atoms with van der Waals surface area (Å²) in [6.07, 6.45) is 1.47. The molecule has 2 aromatic rings. The van der Waals surface area contributed by atoms with Crippen molar-refractivity contribution < 1.29 is 23.7 Å². The maximum atomic E-state index is 11.9. The van der Waals surface area contributed by atoms with Gasteiger partial charge in [-0.1, -0.05) is 26.0 Å². The van der Waals surface area contributed by atoms with Crippen molar-refractivity contribution in [2.45, 2.75) is 19.8 Å². The number of methoxy groups -OCH3 is 3. The summed E-state index contributed by atoms with van der Waals surface area (Å²) in [4.78, 5) is 11.9. The van der Waals surface area contributed by atoms with Crippen molar-refractivity contribution >= 4 is 12.1 Å². The third-order valence-corrected chi connectivity index (χ3v) is 4.05. The van der Waals surface area contributed by atoms with E-state index in [9.17, 15) is 4.79 Å². The van der Waals surface area contributed by atoms with E-state index in [4.69, 9.17) is 18.9 Å². The molecule has 0 saturated heterocycles. The van der Waals surface area contributed by atoms with Gasteiger partial charge >= 0.3 is 0 Å². The molecule has 7 heteroatoms. The fraction of sp³-hybridized carbons (Fsp3) is 0.333. The highest BCUT2D eigenvalue weighted by molar-refractivity contribution is 5.86. The van der Waals surface area contributed by atoms with Crippen LogP contribution in [0, 0.1) is 0 Å². The molecule has 28 heavy (non-hydrogen) atoms. The Morgan fingerprint density at radius 2 is 1.61 bits per heavy atom. The van der Waals surface area contributed by atoms with E-state index < -0.39 is 0 Å². The number of carbonyl (C=O) groups excluding carboxylic acids is 1. The van der Waals surface area contributed by atoms with Crippen LogP contribution in [0.3, 0.4) is 0 Å². The van der Waals surface area contributed by atoms with Crippen LogP contribution < -0.4 is 24.4 Å². The average molecular weight is 386 g/mol. The second-order valence-electron chi connectivity index (χ2n) is 6.25. The van der Waals surface area contributed by atoms with Crippen LogP contribution in [0.25, 0.3) is 0 Å². The van der Waals surface area contributed by atoms with Gasteiger partial charge in [-0.05, 0) is 29.7 Å². The smallest absolute Gasteiger partial charge is 0.277 e. The Morgan fingerprint density at radius 3 is 2.18 bits per heavy atom. The van der Waals surface area contributed by atoms with Crippen LogP contribution in [0.2, 0.25) is 0 Å². The van der Waals surface area contributed by atoms with Gasteiger partial charge in [0.05, 0.1) is 27.5 Å². The summed E-state index contributed by atoms with van der Waals surface area (Å²) >= 11 is 0. The van der Waals surface area contributed by atoms with Crippen molar-refractivity contribution in [2.75, 3.05) is 27.9 Å². The molecule has 0 bridgehead atoms. The summed E-state index contributed by atoms with van der Waals surface area (Å²) in [5.41, 5.74) is 4.27. The number of hydrogen-bond donors (Lipinski definition) is 1. The van der Waals surface area contributed by atoms with Gasteiger partial charge in [-0.3, -0.25) is 4.79 Å². The lowest BCUT2D eigenvalue weighted by Gasteiger charge is -2.11. The third kappa shape index (κ3) is 5.64. The van der Waals surface area contributed by atoms with E-state index in [2.05, 4.69) is 24.4 Å². The van der Waals surface area contributed by atoms with E-state index >= 15 is 0 Å². The van der Waals surface area contributed by atoms with Gasteiger partial charge < -0.3 is 18.9 Å². The lowest BCUT2D eigenvalue weighted by atomic mass is 10.0. The van der Waals surface area contributed by atoms with E-state index in [1.807, 2.05) is 24.3 Å². The molecule has 0 aliphatic carbocycles. The molecule has 7 nitrogen and oxygen atoms in total. The number of hydrogen-bond acceptors (Lipinski definition) is 6. The van der Waals surface area contributed by atoms with Gasteiger partial charge in [0.1, 0.15) is 11.5 Å². The van der Waals surface area contributed by atoms with Gasteiger partial charge in [-0.2, -0.15) is 5.10 Å². The number of rotatable bonds is 9. The van der Waals surface area contributed by atoms with Crippen molar-refractivity contribution in [3.05, 3.63) is 47.5 Å². The van der Waals surface area contributed by atoms with Crippen molar-refractivity contribution in [1.82, 2.24) is 5.43 Å². The molecule has 150 valence electrons. The molecule has 0 spiro atoms. The van der Waals surface area contributed by atoms with E-state index in [1.54, 1.807) is 19.2 Å².